The minimum Gasteiger partial charge on any atom is -0.473 e. The number of ether oxygens (including phenoxy) is 2. The molecule has 3 heterocycles. The highest BCUT2D eigenvalue weighted by molar-refractivity contribution is 5.26. The van der Waals surface area contributed by atoms with Crippen molar-refractivity contribution < 1.29 is 9.47 Å². The predicted octanol–water partition coefficient (Wildman–Crippen LogP) is 0.997. The molecule has 1 saturated heterocycles. The van der Waals surface area contributed by atoms with Crippen molar-refractivity contribution in [2.24, 2.45) is 0 Å². The highest BCUT2D eigenvalue weighted by atomic mass is 16.5. The molecule has 1 unspecified atom stereocenters. The van der Waals surface area contributed by atoms with Gasteiger partial charge in [0.2, 0.25) is 5.88 Å². The van der Waals surface area contributed by atoms with Crippen LogP contribution in [-0.2, 0) is 11.3 Å². The van der Waals surface area contributed by atoms with Crippen LogP contribution >= 0.6 is 0 Å². The van der Waals surface area contributed by atoms with E-state index in [4.69, 9.17) is 9.47 Å². The highest BCUT2D eigenvalue weighted by Gasteiger charge is 2.22. The summed E-state index contributed by atoms with van der Waals surface area (Å²) in [4.78, 5) is 9.15. The SMILES string of the molecule is CN1Cc2cccnc2OC(CCN2CCOCC2)C1. The van der Waals surface area contributed by atoms with Crippen LogP contribution in [0.25, 0.3) is 0 Å². The van der Waals surface area contributed by atoms with Crippen LogP contribution < -0.4 is 4.74 Å². The first-order valence-electron chi connectivity index (χ1n) is 7.40. The molecule has 0 N–H and O–H groups in total. The summed E-state index contributed by atoms with van der Waals surface area (Å²) >= 11 is 0. The van der Waals surface area contributed by atoms with Gasteiger partial charge in [-0.2, -0.15) is 0 Å². The van der Waals surface area contributed by atoms with Crippen LogP contribution in [0.15, 0.2) is 18.3 Å². The molecule has 1 atom stereocenters. The van der Waals surface area contributed by atoms with Gasteiger partial charge in [-0.1, -0.05) is 6.07 Å². The summed E-state index contributed by atoms with van der Waals surface area (Å²) in [7, 11) is 2.15. The first-order chi connectivity index (χ1) is 9.81. The van der Waals surface area contributed by atoms with Gasteiger partial charge in [-0.15, -0.1) is 0 Å². The van der Waals surface area contributed by atoms with Gasteiger partial charge >= 0.3 is 0 Å². The van der Waals surface area contributed by atoms with Crippen LogP contribution in [0.3, 0.4) is 0 Å². The van der Waals surface area contributed by atoms with E-state index in [2.05, 4.69) is 27.9 Å². The standard InChI is InChI=1S/C15H23N3O2/c1-17-11-13-3-2-5-16-15(13)20-14(12-17)4-6-18-7-9-19-10-8-18/h2-3,5,14H,4,6-12H2,1H3. The van der Waals surface area contributed by atoms with Crippen molar-refractivity contribution in [1.82, 2.24) is 14.8 Å². The second-order valence-electron chi connectivity index (χ2n) is 5.65. The minimum absolute atomic E-state index is 0.221. The van der Waals surface area contributed by atoms with E-state index in [1.807, 2.05) is 12.3 Å². The molecule has 1 fully saturated rings. The van der Waals surface area contributed by atoms with Crippen molar-refractivity contribution in [2.45, 2.75) is 19.1 Å². The zero-order chi connectivity index (χ0) is 13.8. The van der Waals surface area contributed by atoms with Crippen molar-refractivity contribution in [2.75, 3.05) is 46.4 Å². The number of fused-ring (bicyclic) bond motifs is 1. The van der Waals surface area contributed by atoms with Crippen molar-refractivity contribution in [1.29, 1.82) is 0 Å². The van der Waals surface area contributed by atoms with Gasteiger partial charge in [0.25, 0.3) is 0 Å². The zero-order valence-corrected chi connectivity index (χ0v) is 12.1. The third kappa shape index (κ3) is 3.48. The third-order valence-corrected chi connectivity index (χ3v) is 3.95. The number of morpholine rings is 1. The first kappa shape index (κ1) is 13.8. The van der Waals surface area contributed by atoms with Gasteiger partial charge in [0.05, 0.1) is 13.2 Å². The maximum absolute atomic E-state index is 6.11. The monoisotopic (exact) mass is 277 g/mol. The molecular weight excluding hydrogens is 254 g/mol. The van der Waals surface area contributed by atoms with E-state index in [1.165, 1.54) is 5.56 Å². The molecule has 20 heavy (non-hydrogen) atoms. The Kier molecular flexibility index (Phi) is 4.50. The smallest absolute Gasteiger partial charge is 0.218 e. The Labute approximate surface area is 120 Å². The molecule has 0 spiro atoms. The summed E-state index contributed by atoms with van der Waals surface area (Å²) in [5, 5.41) is 0. The first-order valence-corrected chi connectivity index (χ1v) is 7.40. The fourth-order valence-corrected chi connectivity index (χ4v) is 2.85. The molecule has 1 aromatic rings. The average molecular weight is 277 g/mol. The second kappa shape index (κ2) is 6.52. The molecular formula is C15H23N3O2. The van der Waals surface area contributed by atoms with E-state index < -0.39 is 0 Å². The fourth-order valence-electron chi connectivity index (χ4n) is 2.85. The normalized spacial score (nSPS) is 24.8. The predicted molar refractivity (Wildman–Crippen MR) is 76.9 cm³/mol. The number of nitrogens with zero attached hydrogens (tertiary/aromatic N) is 3. The molecule has 0 saturated carbocycles. The second-order valence-corrected chi connectivity index (χ2v) is 5.65. The maximum Gasteiger partial charge on any atom is 0.218 e. The number of aromatic nitrogens is 1. The van der Waals surface area contributed by atoms with Crippen LogP contribution in [0.2, 0.25) is 0 Å². The van der Waals surface area contributed by atoms with Gasteiger partial charge in [-0.3, -0.25) is 9.80 Å². The Balaban J connectivity index is 1.59. The summed E-state index contributed by atoms with van der Waals surface area (Å²) in [5.74, 6) is 0.809. The summed E-state index contributed by atoms with van der Waals surface area (Å²) in [6.45, 7) is 6.74. The largest absolute Gasteiger partial charge is 0.473 e. The topological polar surface area (TPSA) is 37.8 Å². The Morgan fingerprint density at radius 3 is 3.05 bits per heavy atom. The van der Waals surface area contributed by atoms with Gasteiger partial charge in [0.15, 0.2) is 0 Å². The fraction of sp³-hybridized carbons (Fsp3) is 0.667. The summed E-state index contributed by atoms with van der Waals surface area (Å²) in [5.41, 5.74) is 1.18. The molecule has 0 radical (unpaired) electrons. The van der Waals surface area contributed by atoms with Crippen molar-refractivity contribution in [3.63, 3.8) is 0 Å². The molecule has 2 aliphatic rings. The molecule has 2 aliphatic heterocycles. The Morgan fingerprint density at radius 2 is 2.20 bits per heavy atom. The highest BCUT2D eigenvalue weighted by Crippen LogP contribution is 2.22. The molecule has 5 nitrogen and oxygen atoms in total. The molecule has 1 aromatic heterocycles. The van der Waals surface area contributed by atoms with Crippen LogP contribution in [0.5, 0.6) is 5.88 Å². The van der Waals surface area contributed by atoms with Crippen LogP contribution in [-0.4, -0.2) is 67.3 Å². The Bertz CT molecular complexity index is 435. The van der Waals surface area contributed by atoms with E-state index >= 15 is 0 Å². The van der Waals surface area contributed by atoms with Crippen LogP contribution in [0.1, 0.15) is 12.0 Å². The third-order valence-electron chi connectivity index (χ3n) is 3.95. The van der Waals surface area contributed by atoms with Crippen molar-refractivity contribution in [3.8, 4) is 5.88 Å². The number of likely N-dealkylation sites (N-methyl/N-ethyl adjacent to an activating group) is 1. The van der Waals surface area contributed by atoms with Gasteiger partial charge < -0.3 is 9.47 Å². The summed E-state index contributed by atoms with van der Waals surface area (Å²) in [6.07, 6.45) is 3.07. The molecule has 3 rings (SSSR count). The lowest BCUT2D eigenvalue weighted by Gasteiger charge is -2.28. The molecule has 110 valence electrons. The van der Waals surface area contributed by atoms with Crippen molar-refractivity contribution in [3.05, 3.63) is 23.9 Å². The van der Waals surface area contributed by atoms with E-state index in [9.17, 15) is 0 Å². The van der Waals surface area contributed by atoms with E-state index in [0.29, 0.717) is 0 Å². The molecule has 0 bridgehead atoms. The maximum atomic E-state index is 6.11. The average Bonchev–Trinajstić information content (AvgIpc) is 2.63. The lowest BCUT2D eigenvalue weighted by molar-refractivity contribution is 0.0303. The zero-order valence-electron chi connectivity index (χ0n) is 12.1. The lowest BCUT2D eigenvalue weighted by atomic mass is 10.2. The molecule has 0 aromatic carbocycles. The van der Waals surface area contributed by atoms with Gasteiger partial charge in [-0.25, -0.2) is 4.98 Å². The number of hydrogen-bond acceptors (Lipinski definition) is 5. The Hall–Kier alpha value is -1.17. The quantitative estimate of drug-likeness (QED) is 0.824. The van der Waals surface area contributed by atoms with E-state index in [-0.39, 0.29) is 6.10 Å². The summed E-state index contributed by atoms with van der Waals surface area (Å²) in [6, 6.07) is 4.08. The summed E-state index contributed by atoms with van der Waals surface area (Å²) < 4.78 is 11.5. The minimum atomic E-state index is 0.221. The van der Waals surface area contributed by atoms with E-state index in [0.717, 1.165) is 58.2 Å². The number of rotatable bonds is 3. The molecule has 0 amide bonds. The molecule has 5 heteroatoms. The van der Waals surface area contributed by atoms with Gasteiger partial charge in [-0.05, 0) is 19.5 Å². The van der Waals surface area contributed by atoms with Crippen LogP contribution in [0, 0.1) is 0 Å². The van der Waals surface area contributed by atoms with Crippen molar-refractivity contribution >= 4 is 0 Å². The molecule has 0 aliphatic carbocycles. The van der Waals surface area contributed by atoms with Gasteiger partial charge in [0.1, 0.15) is 6.10 Å². The van der Waals surface area contributed by atoms with Crippen LogP contribution in [0.4, 0.5) is 0 Å². The van der Waals surface area contributed by atoms with E-state index in [1.54, 1.807) is 0 Å². The number of hydrogen-bond donors (Lipinski definition) is 0. The lowest BCUT2D eigenvalue weighted by Crippen LogP contribution is -2.40. The van der Waals surface area contributed by atoms with Gasteiger partial charge in [0, 0.05) is 44.5 Å². The Morgan fingerprint density at radius 1 is 1.35 bits per heavy atom. The number of pyridine rings is 1.